The second-order valence-electron chi connectivity index (χ2n) is 7.81. The molecule has 2 aromatic carbocycles. The van der Waals surface area contributed by atoms with Gasteiger partial charge in [0.1, 0.15) is 5.82 Å². The average molecular weight is 433 g/mol. The second kappa shape index (κ2) is 8.09. The summed E-state index contributed by atoms with van der Waals surface area (Å²) in [5.74, 6) is -0.816. The molecule has 6 nitrogen and oxygen atoms in total. The number of nitrogens with zero attached hydrogens (tertiary/aromatic N) is 2. The van der Waals surface area contributed by atoms with Gasteiger partial charge in [0.2, 0.25) is 10.0 Å². The molecular weight excluding hydrogens is 407 g/mol. The van der Waals surface area contributed by atoms with E-state index in [4.69, 9.17) is 4.74 Å². The zero-order valence-electron chi connectivity index (χ0n) is 17.2. The van der Waals surface area contributed by atoms with E-state index in [1.165, 1.54) is 21.3 Å². The molecule has 1 saturated heterocycles. The SMILES string of the molecule is Cc1cc(F)c2c(c1)CCCN2C(=O)c1ccc(C)c(S(=O)(=O)N2CCOCC2)c1. The zero-order valence-corrected chi connectivity index (χ0v) is 18.0. The molecule has 0 N–H and O–H groups in total. The first-order valence-electron chi connectivity index (χ1n) is 10.1. The smallest absolute Gasteiger partial charge is 0.258 e. The van der Waals surface area contributed by atoms with Gasteiger partial charge in [-0.05, 0) is 61.6 Å². The highest BCUT2D eigenvalue weighted by Gasteiger charge is 2.31. The number of morpholine rings is 1. The molecule has 30 heavy (non-hydrogen) atoms. The maximum Gasteiger partial charge on any atom is 0.258 e. The molecule has 0 aliphatic carbocycles. The minimum Gasteiger partial charge on any atom is -0.379 e. The fraction of sp³-hybridized carbons (Fsp3) is 0.409. The van der Waals surface area contributed by atoms with Gasteiger partial charge in [-0.15, -0.1) is 0 Å². The van der Waals surface area contributed by atoms with E-state index in [0.29, 0.717) is 37.4 Å². The number of hydrogen-bond acceptors (Lipinski definition) is 4. The topological polar surface area (TPSA) is 66.9 Å². The van der Waals surface area contributed by atoms with Crippen LogP contribution in [0.1, 0.15) is 33.5 Å². The Morgan fingerprint density at radius 3 is 2.53 bits per heavy atom. The molecule has 4 rings (SSSR count). The molecule has 2 aliphatic heterocycles. The molecule has 2 aromatic rings. The van der Waals surface area contributed by atoms with E-state index in [1.54, 1.807) is 19.1 Å². The van der Waals surface area contributed by atoms with Gasteiger partial charge in [0, 0.05) is 25.2 Å². The van der Waals surface area contributed by atoms with Crippen molar-refractivity contribution in [3.8, 4) is 0 Å². The molecule has 160 valence electrons. The number of rotatable bonds is 3. The number of benzene rings is 2. The van der Waals surface area contributed by atoms with Crippen LogP contribution in [0, 0.1) is 19.7 Å². The van der Waals surface area contributed by atoms with Crippen LogP contribution in [0.4, 0.5) is 10.1 Å². The van der Waals surface area contributed by atoms with Crippen molar-refractivity contribution in [1.29, 1.82) is 0 Å². The normalized spacial score (nSPS) is 17.6. The third-order valence-corrected chi connectivity index (χ3v) is 7.69. The molecule has 0 spiro atoms. The molecule has 0 radical (unpaired) electrons. The van der Waals surface area contributed by atoms with Gasteiger partial charge in [-0.1, -0.05) is 12.1 Å². The summed E-state index contributed by atoms with van der Waals surface area (Å²) < 4.78 is 47.6. The minimum atomic E-state index is -3.75. The molecule has 1 fully saturated rings. The van der Waals surface area contributed by atoms with Crippen LogP contribution in [0.2, 0.25) is 0 Å². The van der Waals surface area contributed by atoms with E-state index < -0.39 is 21.7 Å². The number of aryl methyl sites for hydroxylation is 3. The number of hydrogen-bond donors (Lipinski definition) is 0. The highest BCUT2D eigenvalue weighted by Crippen LogP contribution is 2.33. The Labute approximate surface area is 176 Å². The lowest BCUT2D eigenvalue weighted by Gasteiger charge is -2.31. The van der Waals surface area contributed by atoms with E-state index in [-0.39, 0.29) is 23.5 Å². The van der Waals surface area contributed by atoms with E-state index in [0.717, 1.165) is 17.5 Å². The van der Waals surface area contributed by atoms with Crippen LogP contribution in [-0.2, 0) is 21.2 Å². The van der Waals surface area contributed by atoms with Crippen molar-refractivity contribution in [3.05, 3.63) is 58.4 Å². The van der Waals surface area contributed by atoms with Gasteiger partial charge in [0.15, 0.2) is 0 Å². The van der Waals surface area contributed by atoms with Gasteiger partial charge >= 0.3 is 0 Å². The highest BCUT2D eigenvalue weighted by molar-refractivity contribution is 7.89. The predicted octanol–water partition coefficient (Wildman–Crippen LogP) is 3.06. The van der Waals surface area contributed by atoms with E-state index >= 15 is 0 Å². The van der Waals surface area contributed by atoms with Crippen LogP contribution in [0.25, 0.3) is 0 Å². The maximum atomic E-state index is 14.7. The van der Waals surface area contributed by atoms with Gasteiger partial charge in [-0.2, -0.15) is 4.31 Å². The summed E-state index contributed by atoms with van der Waals surface area (Å²) in [5.41, 5.74) is 2.73. The molecule has 8 heteroatoms. The quantitative estimate of drug-likeness (QED) is 0.748. The molecule has 0 bridgehead atoms. The number of halogens is 1. The largest absolute Gasteiger partial charge is 0.379 e. The van der Waals surface area contributed by atoms with Gasteiger partial charge in [-0.3, -0.25) is 4.79 Å². The standard InChI is InChI=1S/C22H25FN2O4S/c1-15-12-17-4-3-7-25(21(17)19(23)13-15)22(26)18-6-5-16(2)20(14-18)30(27,28)24-8-10-29-11-9-24/h5-6,12-14H,3-4,7-11H2,1-2H3. The lowest BCUT2D eigenvalue weighted by molar-refractivity contribution is 0.0730. The minimum absolute atomic E-state index is 0.108. The number of anilines is 1. The zero-order chi connectivity index (χ0) is 21.5. The molecule has 0 atom stereocenters. The average Bonchev–Trinajstić information content (AvgIpc) is 2.73. The Morgan fingerprint density at radius 2 is 1.80 bits per heavy atom. The van der Waals surface area contributed by atoms with E-state index in [2.05, 4.69) is 0 Å². The summed E-state index contributed by atoms with van der Waals surface area (Å²) in [6.45, 7) is 5.19. The number of amides is 1. The van der Waals surface area contributed by atoms with Crippen molar-refractivity contribution in [2.24, 2.45) is 0 Å². The third-order valence-electron chi connectivity index (χ3n) is 5.65. The molecule has 1 amide bonds. The summed E-state index contributed by atoms with van der Waals surface area (Å²) in [6, 6.07) is 7.99. The van der Waals surface area contributed by atoms with Crippen LogP contribution in [0.3, 0.4) is 0 Å². The van der Waals surface area contributed by atoms with Crippen molar-refractivity contribution in [1.82, 2.24) is 4.31 Å². The second-order valence-corrected chi connectivity index (χ2v) is 9.72. The first-order valence-corrected chi connectivity index (χ1v) is 11.5. The van der Waals surface area contributed by atoms with Crippen molar-refractivity contribution >= 4 is 21.6 Å². The number of fused-ring (bicyclic) bond motifs is 1. The van der Waals surface area contributed by atoms with Crippen LogP contribution in [0.5, 0.6) is 0 Å². The molecule has 0 aromatic heterocycles. The van der Waals surface area contributed by atoms with Gasteiger partial charge in [-0.25, -0.2) is 12.8 Å². The summed E-state index contributed by atoms with van der Waals surface area (Å²) in [5, 5.41) is 0. The molecule has 2 aliphatic rings. The van der Waals surface area contributed by atoms with E-state index in [9.17, 15) is 17.6 Å². The summed E-state index contributed by atoms with van der Waals surface area (Å²) in [7, 11) is -3.75. The Kier molecular flexibility index (Phi) is 5.65. The number of carbonyl (C=O) groups is 1. The van der Waals surface area contributed by atoms with Crippen molar-refractivity contribution < 1.29 is 22.3 Å². The fourth-order valence-corrected chi connectivity index (χ4v) is 5.79. The van der Waals surface area contributed by atoms with Crippen molar-refractivity contribution in [2.45, 2.75) is 31.6 Å². The molecule has 0 unspecified atom stereocenters. The van der Waals surface area contributed by atoms with Crippen LogP contribution in [-0.4, -0.2) is 51.5 Å². The van der Waals surface area contributed by atoms with Crippen LogP contribution >= 0.6 is 0 Å². The molecule has 0 saturated carbocycles. The lowest BCUT2D eigenvalue weighted by atomic mass is 9.98. The maximum absolute atomic E-state index is 14.7. The third kappa shape index (κ3) is 3.75. The molecular formula is C22H25FN2O4S. The highest BCUT2D eigenvalue weighted by atomic mass is 32.2. The summed E-state index contributed by atoms with van der Waals surface area (Å²) in [6.07, 6.45) is 1.44. The van der Waals surface area contributed by atoms with Crippen molar-refractivity contribution in [3.63, 3.8) is 0 Å². The number of carbonyl (C=O) groups excluding carboxylic acids is 1. The number of ether oxygens (including phenoxy) is 1. The Bertz CT molecular complexity index is 1090. The van der Waals surface area contributed by atoms with Gasteiger partial charge in [0.05, 0.1) is 23.8 Å². The van der Waals surface area contributed by atoms with Gasteiger partial charge in [0.25, 0.3) is 5.91 Å². The Morgan fingerprint density at radius 1 is 1.07 bits per heavy atom. The monoisotopic (exact) mass is 432 g/mol. The first-order chi connectivity index (χ1) is 14.3. The van der Waals surface area contributed by atoms with Crippen molar-refractivity contribution in [2.75, 3.05) is 37.7 Å². The van der Waals surface area contributed by atoms with Gasteiger partial charge < -0.3 is 9.64 Å². The van der Waals surface area contributed by atoms with E-state index in [1.807, 2.05) is 13.0 Å². The first kappa shape index (κ1) is 21.0. The Hall–Kier alpha value is -2.29. The lowest BCUT2D eigenvalue weighted by Crippen LogP contribution is -2.41. The fourth-order valence-electron chi connectivity index (χ4n) is 4.13. The number of sulfonamides is 1. The molecule has 2 heterocycles. The summed E-state index contributed by atoms with van der Waals surface area (Å²) in [4.78, 5) is 14.8. The Balaban J connectivity index is 1.71. The summed E-state index contributed by atoms with van der Waals surface area (Å²) >= 11 is 0. The van der Waals surface area contributed by atoms with Crippen LogP contribution in [0.15, 0.2) is 35.2 Å². The van der Waals surface area contributed by atoms with Crippen LogP contribution < -0.4 is 4.90 Å². The predicted molar refractivity (Wildman–Crippen MR) is 112 cm³/mol.